The number of anilines is 3. The van der Waals surface area contributed by atoms with E-state index in [0.717, 1.165) is 29.0 Å². The van der Waals surface area contributed by atoms with Crippen LogP contribution in [0, 0.1) is 6.92 Å². The van der Waals surface area contributed by atoms with Gasteiger partial charge < -0.3 is 16.0 Å². The van der Waals surface area contributed by atoms with Crippen molar-refractivity contribution in [1.82, 2.24) is 0 Å². The minimum absolute atomic E-state index is 0.00989. The number of carbonyl (C=O) groups is 2. The normalized spacial score (nSPS) is 10.1. The minimum Gasteiger partial charge on any atom is -0.376 e. The number of rotatable bonds is 7. The second kappa shape index (κ2) is 8.72. The Morgan fingerprint density at radius 2 is 1.29 bits per heavy atom. The number of hydrogen-bond donors (Lipinski definition) is 3. The topological polar surface area (TPSA) is 70.2 Å². The van der Waals surface area contributed by atoms with E-state index in [1.54, 1.807) is 0 Å². The maximum absolute atomic E-state index is 11.9. The maximum atomic E-state index is 11.9. The number of hydrogen-bond acceptors (Lipinski definition) is 3. The van der Waals surface area contributed by atoms with Crippen LogP contribution in [0.15, 0.2) is 48.5 Å². The molecular weight excluding hydrogens is 302 g/mol. The second-order valence-corrected chi connectivity index (χ2v) is 5.64. The summed E-state index contributed by atoms with van der Waals surface area (Å²) in [5.41, 5.74) is 3.50. The smallest absolute Gasteiger partial charge is 0.243 e. The molecule has 0 bridgehead atoms. The molecule has 0 aliphatic rings. The highest BCUT2D eigenvalue weighted by atomic mass is 16.2. The highest BCUT2D eigenvalue weighted by Gasteiger charge is 2.03. The Balaban J connectivity index is 1.80. The van der Waals surface area contributed by atoms with Gasteiger partial charge >= 0.3 is 0 Å². The molecule has 0 saturated carbocycles. The summed E-state index contributed by atoms with van der Waals surface area (Å²) in [5, 5.41) is 8.72. The van der Waals surface area contributed by atoms with Gasteiger partial charge in [0, 0.05) is 23.5 Å². The number of benzene rings is 2. The molecule has 0 radical (unpaired) electrons. The number of amides is 2. The molecule has 0 saturated heterocycles. The summed E-state index contributed by atoms with van der Waals surface area (Å²) in [6, 6.07) is 15.0. The van der Waals surface area contributed by atoms with E-state index in [4.69, 9.17) is 0 Å². The monoisotopic (exact) mass is 325 g/mol. The fraction of sp³-hybridized carbons (Fsp3) is 0.263. The van der Waals surface area contributed by atoms with Crippen molar-refractivity contribution in [3.05, 3.63) is 54.1 Å². The standard InChI is InChI=1S/C19H23N3O2/c1-3-4-18(23)21-17-11-9-15(10-12-17)20-13-19(24)22-16-7-5-14(2)6-8-16/h5-12,20H,3-4,13H2,1-2H3,(H,21,23)(H,22,24). The van der Waals surface area contributed by atoms with Crippen LogP contribution in [0.1, 0.15) is 25.3 Å². The molecule has 0 fully saturated rings. The lowest BCUT2D eigenvalue weighted by Crippen LogP contribution is -2.21. The third kappa shape index (κ3) is 5.76. The predicted octanol–water partition coefficient (Wildman–Crippen LogP) is 3.78. The highest BCUT2D eigenvalue weighted by Crippen LogP contribution is 2.14. The molecule has 2 amide bonds. The quantitative estimate of drug-likeness (QED) is 0.725. The Hall–Kier alpha value is -2.82. The van der Waals surface area contributed by atoms with Crippen LogP contribution in [0.3, 0.4) is 0 Å². The van der Waals surface area contributed by atoms with E-state index in [2.05, 4.69) is 16.0 Å². The first-order chi connectivity index (χ1) is 11.6. The average Bonchev–Trinajstić information content (AvgIpc) is 2.56. The van der Waals surface area contributed by atoms with Gasteiger partial charge in [-0.1, -0.05) is 24.6 Å². The molecule has 0 atom stereocenters. The Morgan fingerprint density at radius 1 is 0.792 bits per heavy atom. The molecule has 0 spiro atoms. The lowest BCUT2D eigenvalue weighted by atomic mass is 10.2. The number of aryl methyl sites for hydroxylation is 1. The van der Waals surface area contributed by atoms with Crippen LogP contribution >= 0.6 is 0 Å². The fourth-order valence-corrected chi connectivity index (χ4v) is 2.15. The molecule has 0 unspecified atom stereocenters. The van der Waals surface area contributed by atoms with Gasteiger partial charge in [0.15, 0.2) is 0 Å². The van der Waals surface area contributed by atoms with Gasteiger partial charge in [0.1, 0.15) is 0 Å². The first kappa shape index (κ1) is 17.5. The molecule has 2 aromatic rings. The van der Waals surface area contributed by atoms with Crippen LogP contribution in [0.2, 0.25) is 0 Å². The van der Waals surface area contributed by atoms with Crippen molar-refractivity contribution in [3.63, 3.8) is 0 Å². The SMILES string of the molecule is CCCC(=O)Nc1ccc(NCC(=O)Nc2ccc(C)cc2)cc1. The van der Waals surface area contributed by atoms with Gasteiger partial charge in [-0.3, -0.25) is 9.59 Å². The molecule has 3 N–H and O–H groups in total. The van der Waals surface area contributed by atoms with Crippen molar-refractivity contribution >= 4 is 28.9 Å². The summed E-state index contributed by atoms with van der Waals surface area (Å²) >= 11 is 0. The Labute approximate surface area is 142 Å². The molecule has 5 heteroatoms. The fourth-order valence-electron chi connectivity index (χ4n) is 2.15. The third-order valence-corrected chi connectivity index (χ3v) is 3.43. The maximum Gasteiger partial charge on any atom is 0.243 e. The Bertz CT molecular complexity index is 679. The summed E-state index contributed by atoms with van der Waals surface area (Å²) in [6.07, 6.45) is 1.33. The summed E-state index contributed by atoms with van der Waals surface area (Å²) in [6.45, 7) is 4.14. The molecule has 0 aliphatic heterocycles. The van der Waals surface area contributed by atoms with Crippen molar-refractivity contribution in [3.8, 4) is 0 Å². The van der Waals surface area contributed by atoms with E-state index in [1.807, 2.05) is 62.4 Å². The summed E-state index contributed by atoms with van der Waals surface area (Å²) in [7, 11) is 0. The third-order valence-electron chi connectivity index (χ3n) is 3.43. The van der Waals surface area contributed by atoms with Crippen molar-refractivity contribution in [1.29, 1.82) is 0 Å². The van der Waals surface area contributed by atoms with Crippen molar-refractivity contribution in [2.75, 3.05) is 22.5 Å². The van der Waals surface area contributed by atoms with Gasteiger partial charge in [0.2, 0.25) is 11.8 Å². The van der Waals surface area contributed by atoms with Crippen molar-refractivity contribution in [2.45, 2.75) is 26.7 Å². The van der Waals surface area contributed by atoms with Crippen LogP contribution < -0.4 is 16.0 Å². The van der Waals surface area contributed by atoms with E-state index in [9.17, 15) is 9.59 Å². The van der Waals surface area contributed by atoms with Gasteiger partial charge in [-0.05, 0) is 49.7 Å². The van der Waals surface area contributed by atoms with Gasteiger partial charge in [-0.2, -0.15) is 0 Å². The molecule has 0 aliphatic carbocycles. The van der Waals surface area contributed by atoms with Crippen molar-refractivity contribution in [2.24, 2.45) is 0 Å². The molecular formula is C19H23N3O2. The largest absolute Gasteiger partial charge is 0.376 e. The number of nitrogens with one attached hydrogen (secondary N) is 3. The lowest BCUT2D eigenvalue weighted by molar-refractivity contribution is -0.116. The molecule has 2 aromatic carbocycles. The van der Waals surface area contributed by atoms with E-state index < -0.39 is 0 Å². The number of carbonyl (C=O) groups excluding carboxylic acids is 2. The van der Waals surface area contributed by atoms with E-state index in [1.165, 1.54) is 0 Å². The van der Waals surface area contributed by atoms with E-state index >= 15 is 0 Å². The van der Waals surface area contributed by atoms with Gasteiger partial charge in [0.05, 0.1) is 6.54 Å². The van der Waals surface area contributed by atoms with Gasteiger partial charge in [-0.15, -0.1) is 0 Å². The molecule has 126 valence electrons. The van der Waals surface area contributed by atoms with Crippen LogP contribution in [-0.4, -0.2) is 18.4 Å². The van der Waals surface area contributed by atoms with Crippen LogP contribution in [0.5, 0.6) is 0 Å². The summed E-state index contributed by atoms with van der Waals surface area (Å²) in [5.74, 6) is -0.102. The first-order valence-electron chi connectivity index (χ1n) is 8.07. The van der Waals surface area contributed by atoms with Crippen LogP contribution in [0.25, 0.3) is 0 Å². The van der Waals surface area contributed by atoms with E-state index in [0.29, 0.717) is 6.42 Å². The highest BCUT2D eigenvalue weighted by molar-refractivity contribution is 5.94. The molecule has 0 aromatic heterocycles. The Morgan fingerprint density at radius 3 is 1.88 bits per heavy atom. The summed E-state index contributed by atoms with van der Waals surface area (Å²) < 4.78 is 0. The first-order valence-corrected chi connectivity index (χ1v) is 8.07. The van der Waals surface area contributed by atoms with Crippen LogP contribution in [-0.2, 0) is 9.59 Å². The van der Waals surface area contributed by atoms with Gasteiger partial charge in [-0.25, -0.2) is 0 Å². The molecule has 2 rings (SSSR count). The molecule has 5 nitrogen and oxygen atoms in total. The van der Waals surface area contributed by atoms with Crippen molar-refractivity contribution < 1.29 is 9.59 Å². The zero-order chi connectivity index (χ0) is 17.4. The minimum atomic E-state index is -0.112. The van der Waals surface area contributed by atoms with E-state index in [-0.39, 0.29) is 18.4 Å². The van der Waals surface area contributed by atoms with Gasteiger partial charge in [0.25, 0.3) is 0 Å². The predicted molar refractivity (Wildman–Crippen MR) is 98.3 cm³/mol. The summed E-state index contributed by atoms with van der Waals surface area (Å²) in [4.78, 5) is 23.5. The average molecular weight is 325 g/mol. The zero-order valence-corrected chi connectivity index (χ0v) is 14.1. The second-order valence-electron chi connectivity index (χ2n) is 5.64. The zero-order valence-electron chi connectivity index (χ0n) is 14.1. The lowest BCUT2D eigenvalue weighted by Gasteiger charge is -2.09. The molecule has 0 heterocycles. The van der Waals surface area contributed by atoms with Crippen LogP contribution in [0.4, 0.5) is 17.1 Å². The molecule has 24 heavy (non-hydrogen) atoms. The Kier molecular flexibility index (Phi) is 6.37.